The molecule has 1 nitrogen and oxygen atoms in total. The van der Waals surface area contributed by atoms with E-state index in [0.717, 1.165) is 21.9 Å². The molecule has 1 aromatic heterocycles. The zero-order chi connectivity index (χ0) is 32.3. The summed E-state index contributed by atoms with van der Waals surface area (Å²) in [5, 5.41) is 9.80. The van der Waals surface area contributed by atoms with Gasteiger partial charge in [-0.05, 0) is 101 Å². The predicted molar refractivity (Wildman–Crippen MR) is 208 cm³/mol. The highest BCUT2D eigenvalue weighted by Gasteiger charge is 2.20. The van der Waals surface area contributed by atoms with E-state index in [1.54, 1.807) is 0 Å². The first-order valence-corrected chi connectivity index (χ1v) is 16.8. The van der Waals surface area contributed by atoms with Crippen LogP contribution < -0.4 is 0 Å². The molecule has 228 valence electrons. The molecule has 1 heteroatoms. The van der Waals surface area contributed by atoms with Crippen molar-refractivity contribution < 1.29 is 4.42 Å². The second kappa shape index (κ2) is 11.1. The van der Waals surface area contributed by atoms with Crippen molar-refractivity contribution in [2.45, 2.75) is 0 Å². The van der Waals surface area contributed by atoms with Crippen molar-refractivity contribution in [2.75, 3.05) is 0 Å². The Balaban J connectivity index is 1.21. The maximum Gasteiger partial charge on any atom is 0.135 e. The van der Waals surface area contributed by atoms with Gasteiger partial charge in [-0.3, -0.25) is 0 Å². The Morgan fingerprint density at radius 2 is 0.776 bits per heavy atom. The van der Waals surface area contributed by atoms with Crippen molar-refractivity contribution in [3.63, 3.8) is 0 Å². The lowest BCUT2D eigenvalue weighted by atomic mass is 9.83. The van der Waals surface area contributed by atoms with Gasteiger partial charge in [0.05, 0.1) is 0 Å². The summed E-state index contributed by atoms with van der Waals surface area (Å²) in [4.78, 5) is 0. The largest absolute Gasteiger partial charge is 0.456 e. The maximum absolute atomic E-state index is 6.14. The highest BCUT2D eigenvalue weighted by molar-refractivity contribution is 6.23. The van der Waals surface area contributed by atoms with E-state index in [1.807, 2.05) is 12.1 Å². The summed E-state index contributed by atoms with van der Waals surface area (Å²) in [6, 6.07) is 65.9. The van der Waals surface area contributed by atoms with E-state index < -0.39 is 0 Å². The Hall–Kier alpha value is -6.44. The molecule has 0 bridgehead atoms. The topological polar surface area (TPSA) is 13.1 Å². The summed E-state index contributed by atoms with van der Waals surface area (Å²) in [6.45, 7) is 0. The van der Waals surface area contributed by atoms with Gasteiger partial charge in [0.25, 0.3) is 0 Å². The van der Waals surface area contributed by atoms with Crippen molar-refractivity contribution in [1.29, 1.82) is 0 Å². The second-order valence-corrected chi connectivity index (χ2v) is 12.8. The Morgan fingerprint density at radius 3 is 1.55 bits per heavy atom. The summed E-state index contributed by atoms with van der Waals surface area (Å²) in [6.07, 6.45) is 0. The van der Waals surface area contributed by atoms with Crippen LogP contribution in [0.4, 0.5) is 0 Å². The lowest BCUT2D eigenvalue weighted by Gasteiger charge is -2.20. The number of fused-ring (bicyclic) bond motifs is 6. The first kappa shape index (κ1) is 27.7. The van der Waals surface area contributed by atoms with E-state index in [9.17, 15) is 0 Å². The third kappa shape index (κ3) is 4.40. The number of benzene rings is 9. The normalized spacial score (nSPS) is 11.7. The van der Waals surface area contributed by atoms with Crippen molar-refractivity contribution in [3.05, 3.63) is 182 Å². The molecule has 0 saturated carbocycles. The van der Waals surface area contributed by atoms with Crippen LogP contribution in [-0.4, -0.2) is 0 Å². The molecule has 0 radical (unpaired) electrons. The summed E-state index contributed by atoms with van der Waals surface area (Å²) in [7, 11) is 0. The van der Waals surface area contributed by atoms with Gasteiger partial charge < -0.3 is 4.42 Å². The minimum atomic E-state index is 0.914. The number of hydrogen-bond acceptors (Lipinski definition) is 1. The lowest BCUT2D eigenvalue weighted by Crippen LogP contribution is -1.93. The van der Waals surface area contributed by atoms with E-state index in [-0.39, 0.29) is 0 Å². The molecule has 0 spiro atoms. The van der Waals surface area contributed by atoms with Crippen molar-refractivity contribution in [3.8, 4) is 44.5 Å². The highest BCUT2D eigenvalue weighted by Crippen LogP contribution is 2.47. The molecule has 49 heavy (non-hydrogen) atoms. The van der Waals surface area contributed by atoms with Gasteiger partial charge in [0.15, 0.2) is 0 Å². The molecular weight excluding hydrogens is 593 g/mol. The third-order valence-electron chi connectivity index (χ3n) is 10.1. The SMILES string of the molecule is c1cc(-c2ccc3oc4ccccc4c3c2)cc(-c2c3ccccc3c(-c3ccccc3-c3cccc4ccccc34)c3ccccc23)c1. The molecule has 0 unspecified atom stereocenters. The fourth-order valence-corrected chi connectivity index (χ4v) is 7.89. The standard InChI is InChI=1S/C48H30O/c1-2-17-35-31(13-1)14-12-25-36(35)37-18-3-4-20-39(37)48-42-23-7-5-21-40(42)47(41-22-6-8-24-43(41)48)34-16-11-15-32(29-34)33-27-28-46-44(30-33)38-19-9-10-26-45(38)49-46/h1-30H. The van der Waals surface area contributed by atoms with Crippen LogP contribution in [0.15, 0.2) is 186 Å². The van der Waals surface area contributed by atoms with E-state index in [4.69, 9.17) is 4.42 Å². The van der Waals surface area contributed by atoms with E-state index >= 15 is 0 Å². The van der Waals surface area contributed by atoms with Gasteiger partial charge in [0.1, 0.15) is 11.2 Å². The minimum Gasteiger partial charge on any atom is -0.456 e. The summed E-state index contributed by atoms with van der Waals surface area (Å²) < 4.78 is 6.14. The van der Waals surface area contributed by atoms with Crippen LogP contribution in [-0.2, 0) is 0 Å². The molecule has 0 aliphatic rings. The number of para-hydroxylation sites is 1. The van der Waals surface area contributed by atoms with Gasteiger partial charge >= 0.3 is 0 Å². The van der Waals surface area contributed by atoms with Crippen molar-refractivity contribution >= 4 is 54.3 Å². The summed E-state index contributed by atoms with van der Waals surface area (Å²) in [5.74, 6) is 0. The minimum absolute atomic E-state index is 0.914. The molecule has 0 aliphatic carbocycles. The van der Waals surface area contributed by atoms with E-state index in [1.165, 1.54) is 76.8 Å². The van der Waals surface area contributed by atoms with Crippen LogP contribution in [0.1, 0.15) is 0 Å². The monoisotopic (exact) mass is 622 g/mol. The van der Waals surface area contributed by atoms with Crippen LogP contribution in [0.5, 0.6) is 0 Å². The fraction of sp³-hybridized carbons (Fsp3) is 0. The second-order valence-electron chi connectivity index (χ2n) is 12.8. The Bertz CT molecular complexity index is 2830. The zero-order valence-corrected chi connectivity index (χ0v) is 26.7. The average Bonchev–Trinajstić information content (AvgIpc) is 3.55. The van der Waals surface area contributed by atoms with Crippen molar-refractivity contribution in [2.24, 2.45) is 0 Å². The average molecular weight is 623 g/mol. The Kier molecular flexibility index (Phi) is 6.25. The summed E-state index contributed by atoms with van der Waals surface area (Å²) >= 11 is 0. The number of hydrogen-bond donors (Lipinski definition) is 0. The molecule has 0 N–H and O–H groups in total. The van der Waals surface area contributed by atoms with Gasteiger partial charge in [0.2, 0.25) is 0 Å². The fourth-order valence-electron chi connectivity index (χ4n) is 7.89. The molecule has 1 heterocycles. The number of furan rings is 1. The third-order valence-corrected chi connectivity index (χ3v) is 10.1. The van der Waals surface area contributed by atoms with Gasteiger partial charge in [-0.1, -0.05) is 158 Å². The quantitative estimate of drug-likeness (QED) is 0.178. The molecular formula is C48H30O. The van der Waals surface area contributed by atoms with Gasteiger partial charge in [-0.25, -0.2) is 0 Å². The molecule has 0 atom stereocenters. The van der Waals surface area contributed by atoms with Crippen LogP contribution in [0.25, 0.3) is 98.8 Å². The van der Waals surface area contributed by atoms with Crippen LogP contribution in [0, 0.1) is 0 Å². The van der Waals surface area contributed by atoms with Gasteiger partial charge in [-0.15, -0.1) is 0 Å². The highest BCUT2D eigenvalue weighted by atomic mass is 16.3. The van der Waals surface area contributed by atoms with E-state index in [0.29, 0.717) is 0 Å². The predicted octanol–water partition coefficient (Wildman–Crippen LogP) is 13.7. The van der Waals surface area contributed by atoms with Gasteiger partial charge in [-0.2, -0.15) is 0 Å². The Morgan fingerprint density at radius 1 is 0.265 bits per heavy atom. The molecule has 0 fully saturated rings. The maximum atomic E-state index is 6.14. The first-order valence-electron chi connectivity index (χ1n) is 16.8. The Labute approximate surface area is 284 Å². The summed E-state index contributed by atoms with van der Waals surface area (Å²) in [5.41, 5.74) is 11.7. The number of rotatable bonds is 4. The molecule has 10 aromatic rings. The first-order chi connectivity index (χ1) is 24.3. The smallest absolute Gasteiger partial charge is 0.135 e. The molecule has 9 aromatic carbocycles. The van der Waals surface area contributed by atoms with Crippen LogP contribution in [0.2, 0.25) is 0 Å². The van der Waals surface area contributed by atoms with Crippen LogP contribution >= 0.6 is 0 Å². The molecule has 0 saturated heterocycles. The van der Waals surface area contributed by atoms with Crippen molar-refractivity contribution in [1.82, 2.24) is 0 Å². The lowest BCUT2D eigenvalue weighted by molar-refractivity contribution is 0.669. The molecule has 0 aliphatic heterocycles. The van der Waals surface area contributed by atoms with E-state index in [2.05, 4.69) is 170 Å². The van der Waals surface area contributed by atoms with Crippen LogP contribution in [0.3, 0.4) is 0 Å². The molecule has 0 amide bonds. The van der Waals surface area contributed by atoms with Gasteiger partial charge in [0, 0.05) is 10.8 Å². The molecule has 10 rings (SSSR count). The zero-order valence-electron chi connectivity index (χ0n) is 26.7.